The van der Waals surface area contributed by atoms with Gasteiger partial charge in [-0.05, 0) is 6.26 Å². The molecule has 2 fully saturated rings. The van der Waals surface area contributed by atoms with E-state index in [9.17, 15) is 4.79 Å². The smallest absolute Gasteiger partial charge is 0.221 e. The lowest BCUT2D eigenvalue weighted by molar-refractivity contribution is -0.121. The van der Waals surface area contributed by atoms with Crippen LogP contribution < -0.4 is 5.32 Å². The number of amides is 1. The quantitative estimate of drug-likeness (QED) is 0.762. The molecule has 0 aromatic rings. The number of hydrogen-bond acceptors (Lipinski definition) is 5. The lowest BCUT2D eigenvalue weighted by atomic mass is 10.1. The molecule has 0 aromatic heterocycles. The van der Waals surface area contributed by atoms with Crippen LogP contribution in [0.15, 0.2) is 0 Å². The zero-order valence-electron chi connectivity index (χ0n) is 10.9. The Morgan fingerprint density at radius 3 is 2.83 bits per heavy atom. The Bertz CT molecular complexity index is 272. The van der Waals surface area contributed by atoms with Crippen molar-refractivity contribution in [3.63, 3.8) is 0 Å². The van der Waals surface area contributed by atoms with Crippen LogP contribution in [0, 0.1) is 0 Å². The summed E-state index contributed by atoms with van der Waals surface area (Å²) in [6.45, 7) is 4.78. The summed E-state index contributed by atoms with van der Waals surface area (Å²) in [5.41, 5.74) is 0. The van der Waals surface area contributed by atoms with Crippen molar-refractivity contribution < 1.29 is 14.3 Å². The molecular formula is C12H22N2O3S. The molecule has 0 aliphatic carbocycles. The zero-order valence-corrected chi connectivity index (χ0v) is 11.7. The molecule has 0 spiro atoms. The van der Waals surface area contributed by atoms with E-state index in [1.165, 1.54) is 0 Å². The molecule has 0 bridgehead atoms. The molecule has 5 nitrogen and oxygen atoms in total. The normalized spacial score (nSPS) is 29.4. The van der Waals surface area contributed by atoms with E-state index >= 15 is 0 Å². The van der Waals surface area contributed by atoms with E-state index in [2.05, 4.69) is 10.2 Å². The second-order valence-electron chi connectivity index (χ2n) is 4.67. The third kappa shape index (κ3) is 3.85. The van der Waals surface area contributed by atoms with Gasteiger partial charge in [-0.25, -0.2) is 0 Å². The second kappa shape index (κ2) is 7.33. The summed E-state index contributed by atoms with van der Waals surface area (Å²) in [6, 6.07) is 0.449. The largest absolute Gasteiger partial charge is 0.379 e. The standard InChI is InChI=1S/C12H22N2O3S/c1-18-7-2-12(15)13-10-8-17-9-11(10)14-3-5-16-6-4-14/h10-11H,2-9H2,1H3,(H,13,15)/t10-,11-/m0/s1. The number of thioether (sulfide) groups is 1. The maximum atomic E-state index is 11.8. The fourth-order valence-corrected chi connectivity index (χ4v) is 2.81. The van der Waals surface area contributed by atoms with Gasteiger partial charge in [-0.1, -0.05) is 0 Å². The molecule has 104 valence electrons. The van der Waals surface area contributed by atoms with E-state index in [0.717, 1.165) is 32.1 Å². The van der Waals surface area contributed by atoms with Crippen molar-refractivity contribution in [2.45, 2.75) is 18.5 Å². The third-order valence-electron chi connectivity index (χ3n) is 3.44. The minimum Gasteiger partial charge on any atom is -0.379 e. The number of rotatable bonds is 5. The zero-order chi connectivity index (χ0) is 12.8. The van der Waals surface area contributed by atoms with Gasteiger partial charge < -0.3 is 14.8 Å². The first kappa shape index (κ1) is 14.1. The van der Waals surface area contributed by atoms with Crippen LogP contribution in [-0.4, -0.2) is 74.4 Å². The number of nitrogens with zero attached hydrogens (tertiary/aromatic N) is 1. The Hall–Kier alpha value is -0.300. The third-order valence-corrected chi connectivity index (χ3v) is 4.06. The topological polar surface area (TPSA) is 50.8 Å². The van der Waals surface area contributed by atoms with Crippen molar-refractivity contribution in [3.8, 4) is 0 Å². The summed E-state index contributed by atoms with van der Waals surface area (Å²) in [6.07, 6.45) is 2.61. The molecule has 18 heavy (non-hydrogen) atoms. The minimum absolute atomic E-state index is 0.137. The lowest BCUT2D eigenvalue weighted by Gasteiger charge is -2.34. The summed E-state index contributed by atoms with van der Waals surface area (Å²) in [7, 11) is 0. The van der Waals surface area contributed by atoms with Gasteiger partial charge in [0, 0.05) is 25.3 Å². The van der Waals surface area contributed by atoms with Crippen molar-refractivity contribution in [2.75, 3.05) is 51.5 Å². The fourth-order valence-electron chi connectivity index (χ4n) is 2.42. The predicted molar refractivity (Wildman–Crippen MR) is 71.9 cm³/mol. The molecule has 2 aliphatic rings. The van der Waals surface area contributed by atoms with Crippen molar-refractivity contribution in [3.05, 3.63) is 0 Å². The maximum absolute atomic E-state index is 11.8. The van der Waals surface area contributed by atoms with Gasteiger partial charge in [0.15, 0.2) is 0 Å². The highest BCUT2D eigenvalue weighted by Gasteiger charge is 2.34. The highest BCUT2D eigenvalue weighted by Crippen LogP contribution is 2.15. The number of ether oxygens (including phenoxy) is 2. The molecule has 0 saturated carbocycles. The van der Waals surface area contributed by atoms with Gasteiger partial charge in [-0.15, -0.1) is 0 Å². The Labute approximate surface area is 113 Å². The van der Waals surface area contributed by atoms with Gasteiger partial charge in [-0.2, -0.15) is 11.8 Å². The average Bonchev–Trinajstić information content (AvgIpc) is 2.85. The molecule has 0 radical (unpaired) electrons. The molecule has 2 aliphatic heterocycles. The van der Waals surface area contributed by atoms with E-state index in [-0.39, 0.29) is 11.9 Å². The van der Waals surface area contributed by atoms with E-state index in [0.29, 0.717) is 25.7 Å². The Morgan fingerprint density at radius 1 is 1.33 bits per heavy atom. The lowest BCUT2D eigenvalue weighted by Crippen LogP contribution is -2.54. The van der Waals surface area contributed by atoms with Crippen LogP contribution in [-0.2, 0) is 14.3 Å². The molecule has 2 rings (SSSR count). The van der Waals surface area contributed by atoms with E-state index in [1.54, 1.807) is 11.8 Å². The van der Waals surface area contributed by atoms with Crippen LogP contribution in [0.25, 0.3) is 0 Å². The van der Waals surface area contributed by atoms with Gasteiger partial charge in [0.1, 0.15) is 0 Å². The number of hydrogen-bond donors (Lipinski definition) is 1. The Balaban J connectivity index is 1.81. The van der Waals surface area contributed by atoms with Crippen molar-refractivity contribution in [2.24, 2.45) is 0 Å². The molecule has 6 heteroatoms. The SMILES string of the molecule is CSCCC(=O)N[C@H]1COC[C@@H]1N1CCOCC1. The van der Waals surface area contributed by atoms with E-state index in [1.807, 2.05) is 6.26 Å². The molecular weight excluding hydrogens is 252 g/mol. The molecule has 1 N–H and O–H groups in total. The van der Waals surface area contributed by atoms with Crippen molar-refractivity contribution >= 4 is 17.7 Å². The summed E-state index contributed by atoms with van der Waals surface area (Å²) >= 11 is 1.70. The van der Waals surface area contributed by atoms with Gasteiger partial charge in [0.2, 0.25) is 5.91 Å². The van der Waals surface area contributed by atoms with Crippen LogP contribution in [0.5, 0.6) is 0 Å². The molecule has 2 heterocycles. The van der Waals surface area contributed by atoms with Crippen LogP contribution in [0.4, 0.5) is 0 Å². The highest BCUT2D eigenvalue weighted by atomic mass is 32.2. The second-order valence-corrected chi connectivity index (χ2v) is 5.66. The van der Waals surface area contributed by atoms with Crippen molar-refractivity contribution in [1.29, 1.82) is 0 Å². The van der Waals surface area contributed by atoms with E-state index in [4.69, 9.17) is 9.47 Å². The van der Waals surface area contributed by atoms with Crippen LogP contribution in [0.3, 0.4) is 0 Å². The van der Waals surface area contributed by atoms with Crippen LogP contribution >= 0.6 is 11.8 Å². The molecule has 0 unspecified atom stereocenters. The van der Waals surface area contributed by atoms with Gasteiger partial charge >= 0.3 is 0 Å². The molecule has 2 atom stereocenters. The summed E-state index contributed by atoms with van der Waals surface area (Å²) < 4.78 is 10.9. The van der Waals surface area contributed by atoms with Gasteiger partial charge in [0.05, 0.1) is 38.5 Å². The fraction of sp³-hybridized carbons (Fsp3) is 0.917. The molecule has 0 aromatic carbocycles. The number of carbonyl (C=O) groups is 1. The van der Waals surface area contributed by atoms with Gasteiger partial charge in [0.25, 0.3) is 0 Å². The first-order chi connectivity index (χ1) is 8.81. The summed E-state index contributed by atoms with van der Waals surface area (Å²) in [4.78, 5) is 14.1. The van der Waals surface area contributed by atoms with E-state index < -0.39 is 0 Å². The van der Waals surface area contributed by atoms with Crippen LogP contribution in [0.2, 0.25) is 0 Å². The highest BCUT2D eigenvalue weighted by molar-refractivity contribution is 7.98. The maximum Gasteiger partial charge on any atom is 0.221 e. The molecule has 1 amide bonds. The number of nitrogens with one attached hydrogen (secondary N) is 1. The predicted octanol–water partition coefficient (Wildman–Crippen LogP) is -0.0447. The number of morpholine rings is 1. The van der Waals surface area contributed by atoms with Crippen LogP contribution in [0.1, 0.15) is 6.42 Å². The first-order valence-corrected chi connectivity index (χ1v) is 7.88. The van der Waals surface area contributed by atoms with Crippen molar-refractivity contribution in [1.82, 2.24) is 10.2 Å². The Morgan fingerprint density at radius 2 is 2.11 bits per heavy atom. The Kier molecular flexibility index (Phi) is 5.75. The summed E-state index contributed by atoms with van der Waals surface area (Å²) in [5.74, 6) is 1.01. The average molecular weight is 274 g/mol. The summed E-state index contributed by atoms with van der Waals surface area (Å²) in [5, 5.41) is 3.10. The molecule has 2 saturated heterocycles. The first-order valence-electron chi connectivity index (χ1n) is 6.49. The number of carbonyl (C=O) groups excluding carboxylic acids is 1. The minimum atomic E-state index is 0.137. The monoisotopic (exact) mass is 274 g/mol. The van der Waals surface area contributed by atoms with Gasteiger partial charge in [-0.3, -0.25) is 9.69 Å².